The van der Waals surface area contributed by atoms with Crippen LogP contribution in [-0.2, 0) is 6.42 Å². The fourth-order valence-corrected chi connectivity index (χ4v) is 4.01. The van der Waals surface area contributed by atoms with Crippen LogP contribution in [0.4, 0.5) is 0 Å². The summed E-state index contributed by atoms with van der Waals surface area (Å²) in [7, 11) is 1.66. The lowest BCUT2D eigenvalue weighted by atomic mass is 9.99. The van der Waals surface area contributed by atoms with Crippen LogP contribution in [0, 0.1) is 0 Å². The number of benzene rings is 3. The molecule has 4 nitrogen and oxygen atoms in total. The topological polar surface area (TPSA) is 44.1 Å². The summed E-state index contributed by atoms with van der Waals surface area (Å²) in [6.07, 6.45) is 0.763. The molecule has 0 unspecified atom stereocenters. The Morgan fingerprint density at radius 3 is 2.41 bits per heavy atom. The Morgan fingerprint density at radius 1 is 1.00 bits per heavy atom. The lowest BCUT2D eigenvalue weighted by molar-refractivity contribution is 0.414. The van der Waals surface area contributed by atoms with Gasteiger partial charge in [0.25, 0.3) is 5.56 Å². The van der Waals surface area contributed by atoms with Gasteiger partial charge in [0.2, 0.25) is 0 Å². The Kier molecular flexibility index (Phi) is 5.49. The van der Waals surface area contributed by atoms with Crippen LogP contribution in [0.25, 0.3) is 16.6 Å². The molecule has 4 rings (SSSR count). The minimum atomic E-state index is -0.0564. The molecule has 0 spiro atoms. The van der Waals surface area contributed by atoms with Gasteiger partial charge >= 0.3 is 0 Å². The summed E-state index contributed by atoms with van der Waals surface area (Å²) in [5, 5.41) is 0.614. The minimum Gasteiger partial charge on any atom is -0.497 e. The van der Waals surface area contributed by atoms with Gasteiger partial charge in [-0.15, -0.1) is 0 Å². The zero-order chi connectivity index (χ0) is 20.4. The van der Waals surface area contributed by atoms with E-state index in [4.69, 9.17) is 9.72 Å². The summed E-state index contributed by atoms with van der Waals surface area (Å²) in [6.45, 7) is 2.11. The monoisotopic (exact) mass is 448 g/mol. The summed E-state index contributed by atoms with van der Waals surface area (Å²) in [5.74, 6) is 1.61. The summed E-state index contributed by atoms with van der Waals surface area (Å²) < 4.78 is 7.84. The molecule has 146 valence electrons. The third-order valence-corrected chi connectivity index (χ3v) is 5.71. The molecule has 0 amide bonds. The molecule has 0 fully saturated rings. The van der Waals surface area contributed by atoms with Crippen LogP contribution >= 0.6 is 15.9 Å². The molecular weight excluding hydrogens is 428 g/mol. The van der Waals surface area contributed by atoms with Gasteiger partial charge in [-0.25, -0.2) is 4.98 Å². The number of para-hydroxylation sites is 2. The third-order valence-electron chi connectivity index (χ3n) is 5.04. The van der Waals surface area contributed by atoms with Crippen LogP contribution < -0.4 is 10.3 Å². The van der Waals surface area contributed by atoms with E-state index in [1.165, 1.54) is 5.56 Å². The van der Waals surface area contributed by atoms with Crippen molar-refractivity contribution in [1.82, 2.24) is 9.55 Å². The number of fused-ring (bicyclic) bond motifs is 1. The van der Waals surface area contributed by atoms with E-state index in [-0.39, 0.29) is 11.5 Å². The number of hydrogen-bond acceptors (Lipinski definition) is 3. The number of hydrogen-bond donors (Lipinski definition) is 0. The zero-order valence-electron chi connectivity index (χ0n) is 16.3. The molecule has 1 atom stereocenters. The van der Waals surface area contributed by atoms with Gasteiger partial charge in [-0.05, 0) is 64.3 Å². The zero-order valence-corrected chi connectivity index (χ0v) is 17.9. The first-order valence-corrected chi connectivity index (χ1v) is 10.3. The van der Waals surface area contributed by atoms with Gasteiger partial charge in [0.1, 0.15) is 11.6 Å². The number of aromatic nitrogens is 2. The molecule has 0 N–H and O–H groups in total. The van der Waals surface area contributed by atoms with Crippen molar-refractivity contribution in [2.45, 2.75) is 19.3 Å². The first-order chi connectivity index (χ1) is 14.1. The fraction of sp³-hybridized carbons (Fsp3) is 0.167. The van der Waals surface area contributed by atoms with Gasteiger partial charge in [-0.3, -0.25) is 9.36 Å². The van der Waals surface area contributed by atoms with Crippen molar-refractivity contribution in [1.29, 1.82) is 0 Å². The first-order valence-electron chi connectivity index (χ1n) is 9.48. The van der Waals surface area contributed by atoms with Crippen molar-refractivity contribution in [3.8, 4) is 11.4 Å². The second kappa shape index (κ2) is 8.21. The second-order valence-electron chi connectivity index (χ2n) is 7.03. The lowest BCUT2D eigenvalue weighted by Crippen LogP contribution is -2.26. The Balaban J connectivity index is 1.86. The number of nitrogens with zero attached hydrogens (tertiary/aromatic N) is 2. The van der Waals surface area contributed by atoms with Crippen LogP contribution in [0.5, 0.6) is 5.75 Å². The Bertz CT molecular complexity index is 1220. The average Bonchev–Trinajstić information content (AvgIpc) is 2.75. The first kappa shape index (κ1) is 19.4. The SMILES string of the molecule is COc1ccc(C[C@@H](C)c2nc3ccccc3c(=O)n2-c2ccccc2Br)cc1. The van der Waals surface area contributed by atoms with E-state index in [0.29, 0.717) is 5.39 Å². The van der Waals surface area contributed by atoms with Crippen molar-refractivity contribution in [3.63, 3.8) is 0 Å². The van der Waals surface area contributed by atoms with E-state index in [2.05, 4.69) is 35.0 Å². The fourth-order valence-electron chi connectivity index (χ4n) is 3.55. The van der Waals surface area contributed by atoms with E-state index in [9.17, 15) is 4.79 Å². The molecule has 3 aromatic carbocycles. The third kappa shape index (κ3) is 3.83. The number of methoxy groups -OCH3 is 1. The number of halogens is 1. The highest BCUT2D eigenvalue weighted by atomic mass is 79.9. The van der Waals surface area contributed by atoms with Crippen LogP contribution in [0.15, 0.2) is 82.1 Å². The van der Waals surface area contributed by atoms with Gasteiger partial charge in [0.05, 0.1) is 23.7 Å². The minimum absolute atomic E-state index is 0.0350. The smallest absolute Gasteiger partial charge is 0.266 e. The van der Waals surface area contributed by atoms with E-state index in [1.807, 2.05) is 60.7 Å². The maximum Gasteiger partial charge on any atom is 0.266 e. The standard InChI is InChI=1S/C24H21BrN2O2/c1-16(15-17-11-13-18(29-2)14-12-17)23-26-21-9-5-3-7-19(21)24(28)27(23)22-10-6-4-8-20(22)25/h3-14,16H,15H2,1-2H3/t16-/m1/s1. The Labute approximate surface area is 177 Å². The van der Waals surface area contributed by atoms with Crippen molar-refractivity contribution < 1.29 is 4.74 Å². The van der Waals surface area contributed by atoms with Crippen molar-refractivity contribution in [2.75, 3.05) is 7.11 Å². The van der Waals surface area contributed by atoms with Crippen molar-refractivity contribution in [3.05, 3.63) is 99.0 Å². The Morgan fingerprint density at radius 2 is 1.69 bits per heavy atom. The second-order valence-corrected chi connectivity index (χ2v) is 7.89. The molecule has 0 saturated carbocycles. The molecule has 0 aliphatic rings. The van der Waals surface area contributed by atoms with Gasteiger partial charge in [-0.1, -0.05) is 43.3 Å². The molecule has 0 bridgehead atoms. The maximum absolute atomic E-state index is 13.4. The highest BCUT2D eigenvalue weighted by molar-refractivity contribution is 9.10. The van der Waals surface area contributed by atoms with E-state index in [1.54, 1.807) is 11.7 Å². The normalized spacial score (nSPS) is 12.1. The van der Waals surface area contributed by atoms with Crippen LogP contribution in [0.2, 0.25) is 0 Å². The summed E-state index contributed by atoms with van der Waals surface area (Å²) in [6, 6.07) is 23.3. The largest absolute Gasteiger partial charge is 0.497 e. The summed E-state index contributed by atoms with van der Waals surface area (Å²) >= 11 is 3.60. The summed E-state index contributed by atoms with van der Waals surface area (Å²) in [4.78, 5) is 18.3. The van der Waals surface area contributed by atoms with Crippen molar-refractivity contribution >= 4 is 26.8 Å². The van der Waals surface area contributed by atoms with Gasteiger partial charge in [-0.2, -0.15) is 0 Å². The molecule has 0 aliphatic heterocycles. The molecule has 1 heterocycles. The predicted octanol–water partition coefficient (Wildman–Crippen LogP) is 5.50. The maximum atomic E-state index is 13.4. The van der Waals surface area contributed by atoms with E-state index >= 15 is 0 Å². The predicted molar refractivity (Wildman–Crippen MR) is 120 cm³/mol. The van der Waals surface area contributed by atoms with Crippen LogP contribution in [0.3, 0.4) is 0 Å². The number of ether oxygens (including phenoxy) is 1. The number of rotatable bonds is 5. The highest BCUT2D eigenvalue weighted by Crippen LogP contribution is 2.27. The molecule has 0 saturated heterocycles. The molecule has 0 aliphatic carbocycles. The van der Waals surface area contributed by atoms with E-state index < -0.39 is 0 Å². The quantitative estimate of drug-likeness (QED) is 0.404. The molecule has 5 heteroatoms. The van der Waals surface area contributed by atoms with Crippen molar-refractivity contribution in [2.24, 2.45) is 0 Å². The van der Waals surface area contributed by atoms with Crippen LogP contribution in [0.1, 0.15) is 24.2 Å². The molecule has 1 aromatic heterocycles. The highest BCUT2D eigenvalue weighted by Gasteiger charge is 2.19. The lowest BCUT2D eigenvalue weighted by Gasteiger charge is -2.19. The average molecular weight is 449 g/mol. The van der Waals surface area contributed by atoms with Gasteiger partial charge in [0.15, 0.2) is 0 Å². The van der Waals surface area contributed by atoms with E-state index in [0.717, 1.165) is 33.7 Å². The molecule has 0 radical (unpaired) electrons. The van der Waals surface area contributed by atoms with Gasteiger partial charge < -0.3 is 4.74 Å². The molecule has 4 aromatic rings. The van der Waals surface area contributed by atoms with Gasteiger partial charge in [0, 0.05) is 10.4 Å². The van der Waals surface area contributed by atoms with Crippen LogP contribution in [-0.4, -0.2) is 16.7 Å². The molecule has 29 heavy (non-hydrogen) atoms. The summed E-state index contributed by atoms with van der Waals surface area (Å²) in [5.41, 5.74) is 2.63. The molecular formula is C24H21BrN2O2. The Hall–Kier alpha value is -2.92.